The van der Waals surface area contributed by atoms with Crippen LogP contribution in [-0.2, 0) is 16.1 Å². The second-order valence-electron chi connectivity index (χ2n) is 4.41. The minimum absolute atomic E-state index is 0.210. The molecule has 20 heavy (non-hydrogen) atoms. The van der Waals surface area contributed by atoms with Crippen molar-refractivity contribution in [1.29, 1.82) is 0 Å². The highest BCUT2D eigenvalue weighted by Gasteiger charge is 2.28. The van der Waals surface area contributed by atoms with Crippen molar-refractivity contribution in [2.75, 3.05) is 6.54 Å². The van der Waals surface area contributed by atoms with E-state index in [9.17, 15) is 13.6 Å². The maximum Gasteiger partial charge on any atom is 0.333 e. The molecule has 1 unspecified atom stereocenters. The molecule has 1 aromatic rings. The van der Waals surface area contributed by atoms with E-state index in [2.05, 4.69) is 4.98 Å². The lowest BCUT2D eigenvalue weighted by Gasteiger charge is -2.27. The van der Waals surface area contributed by atoms with Gasteiger partial charge < -0.3 is 9.64 Å². The molecule has 0 saturated carbocycles. The summed E-state index contributed by atoms with van der Waals surface area (Å²) in [6.45, 7) is 1.38. The molecule has 0 aromatic carbocycles. The van der Waals surface area contributed by atoms with E-state index in [1.807, 2.05) is 0 Å². The Morgan fingerprint density at radius 1 is 1.50 bits per heavy atom. The summed E-state index contributed by atoms with van der Waals surface area (Å²) in [5.41, 5.74) is 1.17. The molecule has 0 N–H and O–H groups in total. The summed E-state index contributed by atoms with van der Waals surface area (Å²) in [6, 6.07) is 3.29. The molecule has 0 aliphatic carbocycles. The zero-order valence-electron chi connectivity index (χ0n) is 10.7. The van der Waals surface area contributed by atoms with Crippen molar-refractivity contribution < 1.29 is 18.3 Å². The molecule has 4 nitrogen and oxygen atoms in total. The van der Waals surface area contributed by atoms with Crippen molar-refractivity contribution in [2.45, 2.75) is 26.0 Å². The average molecular weight is 303 g/mol. The van der Waals surface area contributed by atoms with Crippen LogP contribution in [0.5, 0.6) is 0 Å². The van der Waals surface area contributed by atoms with Gasteiger partial charge in [-0.2, -0.15) is 0 Å². The lowest BCUT2D eigenvalue weighted by atomic mass is 10.2. The van der Waals surface area contributed by atoms with Gasteiger partial charge in [-0.05, 0) is 18.6 Å². The van der Waals surface area contributed by atoms with Crippen LogP contribution in [0.15, 0.2) is 30.1 Å². The third-order valence-corrected chi connectivity index (χ3v) is 3.08. The summed E-state index contributed by atoms with van der Waals surface area (Å²) in [7, 11) is 0. The predicted octanol–water partition coefficient (Wildman–Crippen LogP) is 2.63. The van der Waals surface area contributed by atoms with Gasteiger partial charge in [0.1, 0.15) is 11.3 Å². The highest BCUT2D eigenvalue weighted by Crippen LogP contribution is 2.22. The topological polar surface area (TPSA) is 42.4 Å². The van der Waals surface area contributed by atoms with Gasteiger partial charge in [0.15, 0.2) is 0 Å². The summed E-state index contributed by atoms with van der Waals surface area (Å²) in [4.78, 5) is 16.5. The summed E-state index contributed by atoms with van der Waals surface area (Å²) in [5, 5.41) is 0.334. The molecular formula is C13H13ClF2N2O2. The lowest BCUT2D eigenvalue weighted by Crippen LogP contribution is -2.31. The molecular weight excluding hydrogens is 290 g/mol. The number of hydrogen-bond donors (Lipinski definition) is 0. The van der Waals surface area contributed by atoms with Crippen LogP contribution in [0, 0.1) is 0 Å². The molecule has 7 heteroatoms. The fourth-order valence-electron chi connectivity index (χ4n) is 2.00. The monoisotopic (exact) mass is 302 g/mol. The van der Waals surface area contributed by atoms with Gasteiger partial charge >= 0.3 is 5.97 Å². The van der Waals surface area contributed by atoms with Crippen molar-refractivity contribution in [3.63, 3.8) is 0 Å². The van der Waals surface area contributed by atoms with Crippen molar-refractivity contribution in [3.05, 3.63) is 40.8 Å². The molecule has 1 atom stereocenters. The number of alkyl halides is 2. The molecule has 0 spiro atoms. The smallest absolute Gasteiger partial charge is 0.333 e. The molecule has 1 aliphatic heterocycles. The first-order valence-electron chi connectivity index (χ1n) is 6.01. The number of carbonyl (C=O) groups is 1. The fourth-order valence-corrected chi connectivity index (χ4v) is 2.12. The first kappa shape index (κ1) is 14.7. The van der Waals surface area contributed by atoms with Crippen molar-refractivity contribution in [3.8, 4) is 0 Å². The first-order chi connectivity index (χ1) is 9.45. The van der Waals surface area contributed by atoms with E-state index in [0.717, 1.165) is 5.56 Å². The summed E-state index contributed by atoms with van der Waals surface area (Å²) in [5.74, 6) is -0.513. The van der Waals surface area contributed by atoms with E-state index in [1.54, 1.807) is 19.1 Å². The molecule has 0 bridgehead atoms. The molecule has 1 aromatic heterocycles. The largest absolute Gasteiger partial charge is 0.453 e. The summed E-state index contributed by atoms with van der Waals surface area (Å²) in [6.07, 6.45) is -0.277. The Kier molecular flexibility index (Phi) is 4.54. The highest BCUT2D eigenvalue weighted by atomic mass is 35.5. The third-order valence-electron chi connectivity index (χ3n) is 2.86. The van der Waals surface area contributed by atoms with Gasteiger partial charge in [-0.3, -0.25) is 0 Å². The predicted molar refractivity (Wildman–Crippen MR) is 69.3 cm³/mol. The van der Waals surface area contributed by atoms with E-state index in [4.69, 9.17) is 16.3 Å². The van der Waals surface area contributed by atoms with Crippen molar-refractivity contribution in [2.24, 2.45) is 0 Å². The molecule has 0 saturated heterocycles. The molecule has 1 aliphatic rings. The molecule has 108 valence electrons. The third kappa shape index (κ3) is 3.66. The molecule has 2 rings (SSSR count). The Balaban J connectivity index is 2.17. The number of pyridine rings is 1. The van der Waals surface area contributed by atoms with E-state index in [1.165, 1.54) is 17.2 Å². The van der Waals surface area contributed by atoms with Crippen molar-refractivity contribution >= 4 is 17.6 Å². The molecule has 0 radical (unpaired) electrons. The Morgan fingerprint density at radius 3 is 2.75 bits per heavy atom. The minimum Gasteiger partial charge on any atom is -0.453 e. The zero-order valence-corrected chi connectivity index (χ0v) is 11.5. The van der Waals surface area contributed by atoms with Gasteiger partial charge in [0.25, 0.3) is 6.43 Å². The maximum absolute atomic E-state index is 12.7. The fraction of sp³-hybridized carbons (Fsp3) is 0.385. The number of carbonyl (C=O) groups excluding carboxylic acids is 1. The second kappa shape index (κ2) is 6.17. The van der Waals surface area contributed by atoms with Crippen LogP contribution in [0.25, 0.3) is 0 Å². The number of ether oxygens (including phenoxy) is 1. The molecule has 2 heterocycles. The van der Waals surface area contributed by atoms with Gasteiger partial charge in [0.05, 0.1) is 12.2 Å². The van der Waals surface area contributed by atoms with Crippen LogP contribution in [0.1, 0.15) is 12.5 Å². The zero-order chi connectivity index (χ0) is 14.7. The SMILES string of the molecule is CC1OC(=O)C=C1N(Cc1ccc(Cl)nc1)CC(F)F. The average Bonchev–Trinajstić information content (AvgIpc) is 2.70. The summed E-state index contributed by atoms with van der Waals surface area (Å²) >= 11 is 5.68. The minimum atomic E-state index is -2.51. The van der Waals surface area contributed by atoms with Crippen LogP contribution < -0.4 is 0 Å². The van der Waals surface area contributed by atoms with Gasteiger partial charge in [0.2, 0.25) is 0 Å². The van der Waals surface area contributed by atoms with E-state index in [0.29, 0.717) is 10.9 Å². The normalized spacial score (nSPS) is 18.1. The number of hydrogen-bond acceptors (Lipinski definition) is 4. The Hall–Kier alpha value is -1.69. The number of cyclic esters (lactones) is 1. The standard InChI is InChI=1S/C13H13ClF2N2O2/c1-8-10(4-13(19)20-8)18(7-12(15)16)6-9-2-3-11(14)17-5-9/h2-5,8,12H,6-7H2,1H3. The van der Waals surface area contributed by atoms with E-state index in [-0.39, 0.29) is 6.54 Å². The lowest BCUT2D eigenvalue weighted by molar-refractivity contribution is -0.138. The van der Waals surface area contributed by atoms with Gasteiger partial charge in [0, 0.05) is 18.8 Å². The van der Waals surface area contributed by atoms with Gasteiger partial charge in [-0.25, -0.2) is 18.6 Å². The number of esters is 1. The van der Waals surface area contributed by atoms with Gasteiger partial charge in [-0.1, -0.05) is 17.7 Å². The van der Waals surface area contributed by atoms with Gasteiger partial charge in [-0.15, -0.1) is 0 Å². The number of rotatable bonds is 5. The van der Waals surface area contributed by atoms with Crippen LogP contribution in [0.2, 0.25) is 5.15 Å². The van der Waals surface area contributed by atoms with Crippen molar-refractivity contribution in [1.82, 2.24) is 9.88 Å². The van der Waals surface area contributed by atoms with Crippen LogP contribution in [0.3, 0.4) is 0 Å². The number of aromatic nitrogens is 1. The Labute approximate surface area is 120 Å². The molecule has 0 fully saturated rings. The molecule has 0 amide bonds. The second-order valence-corrected chi connectivity index (χ2v) is 4.80. The first-order valence-corrected chi connectivity index (χ1v) is 6.39. The quantitative estimate of drug-likeness (QED) is 0.619. The summed E-state index contributed by atoms with van der Waals surface area (Å²) < 4.78 is 30.3. The van der Waals surface area contributed by atoms with Crippen LogP contribution >= 0.6 is 11.6 Å². The highest BCUT2D eigenvalue weighted by molar-refractivity contribution is 6.29. The number of nitrogens with zero attached hydrogens (tertiary/aromatic N) is 2. The van der Waals surface area contributed by atoms with E-state index >= 15 is 0 Å². The maximum atomic E-state index is 12.7. The van der Waals surface area contributed by atoms with Crippen LogP contribution in [-0.4, -0.2) is 34.9 Å². The Morgan fingerprint density at radius 2 is 2.25 bits per heavy atom. The van der Waals surface area contributed by atoms with Crippen LogP contribution in [0.4, 0.5) is 8.78 Å². The van der Waals surface area contributed by atoms with E-state index < -0.39 is 25.0 Å². The Bertz CT molecular complexity index is 520. The number of halogens is 3.